The largest absolute Gasteiger partial charge is 0.352 e. The number of halogens is 1. The van der Waals surface area contributed by atoms with Crippen molar-refractivity contribution in [1.29, 1.82) is 0 Å². The first-order valence-corrected chi connectivity index (χ1v) is 16.0. The van der Waals surface area contributed by atoms with Crippen molar-refractivity contribution in [3.8, 4) is 0 Å². The molecule has 1 saturated carbocycles. The number of carbonyl (C=O) groups is 2. The van der Waals surface area contributed by atoms with Crippen LogP contribution in [0, 0.1) is 6.92 Å². The molecule has 0 aliphatic heterocycles. The molecule has 4 rings (SSSR count). The first-order valence-electron chi connectivity index (χ1n) is 14.2. The number of anilines is 1. The zero-order valence-corrected chi connectivity index (χ0v) is 25.2. The predicted octanol–water partition coefficient (Wildman–Crippen LogP) is 6.10. The third kappa shape index (κ3) is 7.68. The number of nitrogens with one attached hydrogen (secondary N) is 1. The van der Waals surface area contributed by atoms with Gasteiger partial charge >= 0.3 is 0 Å². The molecule has 1 aliphatic rings. The Morgan fingerprint density at radius 1 is 0.927 bits per heavy atom. The Morgan fingerprint density at radius 3 is 2.20 bits per heavy atom. The van der Waals surface area contributed by atoms with Crippen LogP contribution in [-0.4, -0.2) is 43.8 Å². The van der Waals surface area contributed by atoms with E-state index in [9.17, 15) is 18.0 Å². The van der Waals surface area contributed by atoms with Gasteiger partial charge < -0.3 is 10.2 Å². The van der Waals surface area contributed by atoms with Crippen LogP contribution >= 0.6 is 11.6 Å². The van der Waals surface area contributed by atoms with Crippen LogP contribution in [0.5, 0.6) is 0 Å². The van der Waals surface area contributed by atoms with Crippen LogP contribution in [0.1, 0.15) is 56.6 Å². The standard InChI is InChI=1S/C32H38ClN3O4S/c1-3-29(32(38)34-27-15-8-5-9-16-27)35(22-25-13-6-4-7-14-25)31(37)23-36(30-17-11-10-12-24(30)2)41(39,40)28-20-18-26(33)19-21-28/h4,6-7,10-14,17-21,27,29H,3,5,8-9,15-16,22-23H2,1-2H3,(H,34,38)/t29-/m0/s1. The molecular formula is C32H38ClN3O4S. The van der Waals surface area contributed by atoms with Gasteiger partial charge in [0.05, 0.1) is 10.6 Å². The monoisotopic (exact) mass is 595 g/mol. The van der Waals surface area contributed by atoms with E-state index in [2.05, 4.69) is 5.32 Å². The molecule has 9 heteroatoms. The van der Waals surface area contributed by atoms with Gasteiger partial charge in [-0.3, -0.25) is 13.9 Å². The van der Waals surface area contributed by atoms with Crippen LogP contribution in [0.4, 0.5) is 5.69 Å². The van der Waals surface area contributed by atoms with Crippen molar-refractivity contribution in [1.82, 2.24) is 10.2 Å². The molecule has 1 atom stereocenters. The molecule has 0 heterocycles. The van der Waals surface area contributed by atoms with E-state index in [-0.39, 0.29) is 23.4 Å². The number of benzene rings is 3. The summed E-state index contributed by atoms with van der Waals surface area (Å²) in [5.74, 6) is -0.660. The molecule has 2 amide bonds. The van der Waals surface area contributed by atoms with Gasteiger partial charge in [-0.25, -0.2) is 8.42 Å². The molecule has 1 aliphatic carbocycles. The van der Waals surface area contributed by atoms with Gasteiger partial charge in [-0.15, -0.1) is 0 Å². The highest BCUT2D eigenvalue weighted by Crippen LogP contribution is 2.28. The third-order valence-corrected chi connectivity index (χ3v) is 9.62. The maximum Gasteiger partial charge on any atom is 0.264 e. The number of carbonyl (C=O) groups excluding carboxylic acids is 2. The van der Waals surface area contributed by atoms with Crippen molar-refractivity contribution < 1.29 is 18.0 Å². The molecule has 3 aromatic rings. The molecule has 0 aromatic heterocycles. The summed E-state index contributed by atoms with van der Waals surface area (Å²) < 4.78 is 29.1. The summed E-state index contributed by atoms with van der Waals surface area (Å²) in [7, 11) is -4.14. The van der Waals surface area contributed by atoms with E-state index in [1.165, 1.54) is 35.6 Å². The van der Waals surface area contributed by atoms with Crippen molar-refractivity contribution in [2.75, 3.05) is 10.8 Å². The molecule has 0 spiro atoms. The van der Waals surface area contributed by atoms with Crippen molar-refractivity contribution >= 4 is 39.1 Å². The Labute approximate surface area is 248 Å². The Bertz CT molecular complexity index is 1420. The number of hydrogen-bond acceptors (Lipinski definition) is 4. The number of rotatable bonds is 11. The number of nitrogens with zero attached hydrogens (tertiary/aromatic N) is 2. The fourth-order valence-corrected chi connectivity index (χ4v) is 6.94. The number of amides is 2. The average molecular weight is 596 g/mol. The Kier molecular flexibility index (Phi) is 10.5. The first kappa shape index (κ1) is 30.6. The molecule has 1 fully saturated rings. The van der Waals surface area contributed by atoms with Crippen molar-refractivity contribution in [2.24, 2.45) is 0 Å². The number of aryl methyl sites for hydroxylation is 1. The van der Waals surface area contributed by atoms with Gasteiger partial charge in [0.2, 0.25) is 11.8 Å². The maximum atomic E-state index is 14.2. The van der Waals surface area contributed by atoms with E-state index < -0.39 is 28.5 Å². The van der Waals surface area contributed by atoms with E-state index in [0.717, 1.165) is 35.6 Å². The van der Waals surface area contributed by atoms with Gasteiger partial charge in [0.25, 0.3) is 10.0 Å². The van der Waals surface area contributed by atoms with E-state index in [1.54, 1.807) is 25.1 Å². The van der Waals surface area contributed by atoms with E-state index in [0.29, 0.717) is 22.7 Å². The molecule has 7 nitrogen and oxygen atoms in total. The smallest absolute Gasteiger partial charge is 0.264 e. The summed E-state index contributed by atoms with van der Waals surface area (Å²) in [4.78, 5) is 29.3. The lowest BCUT2D eigenvalue weighted by Gasteiger charge is -2.34. The lowest BCUT2D eigenvalue weighted by molar-refractivity contribution is -0.140. The SMILES string of the molecule is CC[C@@H](C(=O)NC1CCCCC1)N(Cc1ccccc1)C(=O)CN(c1ccccc1C)S(=O)(=O)c1ccc(Cl)cc1. The minimum atomic E-state index is -4.14. The Morgan fingerprint density at radius 2 is 1.56 bits per heavy atom. The maximum absolute atomic E-state index is 14.2. The molecule has 0 unspecified atom stereocenters. The summed E-state index contributed by atoms with van der Waals surface area (Å²) in [6, 6.07) is 21.7. The predicted molar refractivity (Wildman–Crippen MR) is 163 cm³/mol. The highest BCUT2D eigenvalue weighted by atomic mass is 35.5. The van der Waals surface area contributed by atoms with E-state index in [1.807, 2.05) is 43.3 Å². The number of sulfonamides is 1. The normalized spacial score (nSPS) is 14.7. The van der Waals surface area contributed by atoms with Crippen LogP contribution in [0.25, 0.3) is 0 Å². The number of para-hydroxylation sites is 1. The van der Waals surface area contributed by atoms with Crippen LogP contribution in [0.15, 0.2) is 83.8 Å². The van der Waals surface area contributed by atoms with E-state index >= 15 is 0 Å². The van der Waals surface area contributed by atoms with Crippen molar-refractivity contribution in [3.05, 3.63) is 95.0 Å². The molecule has 3 aromatic carbocycles. The van der Waals surface area contributed by atoms with Gasteiger partial charge in [-0.05, 0) is 67.6 Å². The zero-order chi connectivity index (χ0) is 29.4. The molecule has 41 heavy (non-hydrogen) atoms. The second kappa shape index (κ2) is 14.0. The molecule has 218 valence electrons. The summed E-state index contributed by atoms with van der Waals surface area (Å²) in [6.07, 6.45) is 5.56. The summed E-state index contributed by atoms with van der Waals surface area (Å²) in [6.45, 7) is 3.40. The van der Waals surface area contributed by atoms with E-state index in [4.69, 9.17) is 11.6 Å². The molecule has 0 radical (unpaired) electrons. The highest BCUT2D eigenvalue weighted by molar-refractivity contribution is 7.92. The minimum Gasteiger partial charge on any atom is -0.352 e. The quantitative estimate of drug-likeness (QED) is 0.290. The topological polar surface area (TPSA) is 86.8 Å². The fourth-order valence-electron chi connectivity index (χ4n) is 5.33. The molecule has 1 N–H and O–H groups in total. The lowest BCUT2D eigenvalue weighted by atomic mass is 9.95. The zero-order valence-electron chi connectivity index (χ0n) is 23.6. The Balaban J connectivity index is 1.70. The minimum absolute atomic E-state index is 0.0228. The summed E-state index contributed by atoms with van der Waals surface area (Å²) >= 11 is 6.03. The Hall–Kier alpha value is -3.36. The number of hydrogen-bond donors (Lipinski definition) is 1. The second-order valence-electron chi connectivity index (χ2n) is 10.5. The molecule has 0 bridgehead atoms. The highest BCUT2D eigenvalue weighted by Gasteiger charge is 2.34. The van der Waals surface area contributed by atoms with Crippen LogP contribution in [0.3, 0.4) is 0 Å². The average Bonchev–Trinajstić information content (AvgIpc) is 2.97. The van der Waals surface area contributed by atoms with Gasteiger partial charge in [0, 0.05) is 17.6 Å². The van der Waals surface area contributed by atoms with Gasteiger partial charge in [-0.2, -0.15) is 0 Å². The van der Waals surface area contributed by atoms with Crippen LogP contribution in [0.2, 0.25) is 5.02 Å². The van der Waals surface area contributed by atoms with Crippen molar-refractivity contribution in [3.63, 3.8) is 0 Å². The van der Waals surface area contributed by atoms with Gasteiger partial charge in [0.15, 0.2) is 0 Å². The van der Waals surface area contributed by atoms with Gasteiger partial charge in [0.1, 0.15) is 12.6 Å². The summed E-state index contributed by atoms with van der Waals surface area (Å²) in [5.41, 5.74) is 1.96. The second-order valence-corrected chi connectivity index (χ2v) is 12.8. The lowest BCUT2D eigenvalue weighted by Crippen LogP contribution is -2.54. The fraction of sp³-hybridized carbons (Fsp3) is 0.375. The van der Waals surface area contributed by atoms with Crippen molar-refractivity contribution in [2.45, 2.75) is 75.9 Å². The summed E-state index contributed by atoms with van der Waals surface area (Å²) in [5, 5.41) is 3.58. The first-order chi connectivity index (χ1) is 19.7. The van der Waals surface area contributed by atoms with Crippen LogP contribution < -0.4 is 9.62 Å². The van der Waals surface area contributed by atoms with Gasteiger partial charge in [-0.1, -0.05) is 86.3 Å². The molecular weight excluding hydrogens is 558 g/mol. The van der Waals surface area contributed by atoms with Crippen LogP contribution in [-0.2, 0) is 26.2 Å². The third-order valence-electron chi connectivity index (χ3n) is 7.60. The molecule has 0 saturated heterocycles.